The van der Waals surface area contributed by atoms with Crippen molar-refractivity contribution in [2.45, 2.75) is 12.6 Å². The first-order valence-corrected chi connectivity index (χ1v) is 8.25. The zero-order valence-corrected chi connectivity index (χ0v) is 13.9. The van der Waals surface area contributed by atoms with Crippen LogP contribution >= 0.6 is 0 Å². The van der Waals surface area contributed by atoms with Gasteiger partial charge >= 0.3 is 0 Å². The third kappa shape index (κ3) is 1.90. The first-order chi connectivity index (χ1) is 12.6. The second-order valence-corrected chi connectivity index (χ2v) is 6.34. The van der Waals surface area contributed by atoms with E-state index in [0.29, 0.717) is 22.9 Å². The quantitative estimate of drug-likeness (QED) is 0.853. The Morgan fingerprint density at radius 2 is 1.88 bits per heavy atom. The fourth-order valence-corrected chi connectivity index (χ4v) is 3.42. The average molecular weight is 342 g/mol. The molecule has 0 fully saturated rings. The van der Waals surface area contributed by atoms with E-state index in [2.05, 4.69) is 15.0 Å². The van der Waals surface area contributed by atoms with Gasteiger partial charge in [-0.3, -0.25) is 9.69 Å². The summed E-state index contributed by atoms with van der Waals surface area (Å²) in [6.45, 7) is 1.51. The number of rotatable bonds is 2. The van der Waals surface area contributed by atoms with Crippen molar-refractivity contribution < 1.29 is 9.90 Å². The monoisotopic (exact) mass is 342 g/mol. The molecule has 3 aliphatic rings. The number of aliphatic imine (C=N–C) groups is 3. The molecule has 6 nitrogen and oxygen atoms in total. The molecule has 3 heterocycles. The maximum atomic E-state index is 11.5. The molecule has 26 heavy (non-hydrogen) atoms. The number of carbonyl (C=O) groups excluding carboxylic acids is 1. The van der Waals surface area contributed by atoms with Crippen LogP contribution in [0.15, 0.2) is 69.6 Å². The number of aliphatic hydroxyl groups is 1. The van der Waals surface area contributed by atoms with Gasteiger partial charge in [0.1, 0.15) is 0 Å². The minimum atomic E-state index is -1.65. The number of ketones is 1. The Kier molecular flexibility index (Phi) is 2.90. The van der Waals surface area contributed by atoms with Crippen molar-refractivity contribution in [2.75, 3.05) is 0 Å². The molecule has 0 radical (unpaired) electrons. The molecule has 0 aromatic heterocycles. The van der Waals surface area contributed by atoms with Crippen LogP contribution in [-0.4, -0.2) is 33.8 Å². The highest BCUT2D eigenvalue weighted by Gasteiger charge is 2.50. The zero-order valence-electron chi connectivity index (χ0n) is 13.9. The van der Waals surface area contributed by atoms with Crippen molar-refractivity contribution in [2.24, 2.45) is 15.0 Å². The smallest absolute Gasteiger partial charge is 0.246 e. The largest absolute Gasteiger partial charge is 0.359 e. The SMILES string of the molecule is CC(=O)c1ccc(C2(O)N=C3N=CC=C4c5ccccc5N=C2N43)cc1. The van der Waals surface area contributed by atoms with Gasteiger partial charge in [0, 0.05) is 22.9 Å². The first kappa shape index (κ1) is 14.9. The van der Waals surface area contributed by atoms with Crippen molar-refractivity contribution in [3.63, 3.8) is 0 Å². The van der Waals surface area contributed by atoms with E-state index in [0.717, 1.165) is 16.9 Å². The van der Waals surface area contributed by atoms with E-state index < -0.39 is 5.72 Å². The van der Waals surface area contributed by atoms with Crippen LogP contribution < -0.4 is 0 Å². The Bertz CT molecular complexity index is 1080. The van der Waals surface area contributed by atoms with Crippen LogP contribution in [0.4, 0.5) is 5.69 Å². The van der Waals surface area contributed by atoms with Gasteiger partial charge in [-0.2, -0.15) is 0 Å². The minimum absolute atomic E-state index is 0.0301. The van der Waals surface area contributed by atoms with Crippen LogP contribution in [0.3, 0.4) is 0 Å². The second-order valence-electron chi connectivity index (χ2n) is 6.34. The number of hydrogen-bond donors (Lipinski definition) is 1. The molecule has 1 N–H and O–H groups in total. The van der Waals surface area contributed by atoms with Gasteiger partial charge in [0.15, 0.2) is 11.6 Å². The number of benzene rings is 2. The molecule has 0 amide bonds. The third-order valence-corrected chi connectivity index (χ3v) is 4.75. The fraction of sp³-hybridized carbons (Fsp3) is 0.100. The van der Waals surface area contributed by atoms with E-state index >= 15 is 0 Å². The lowest BCUT2D eigenvalue weighted by atomic mass is 9.97. The molecule has 126 valence electrons. The Labute approximate surface area is 149 Å². The number of allylic oxidation sites excluding steroid dienone is 1. The van der Waals surface area contributed by atoms with Crippen LogP contribution in [-0.2, 0) is 5.72 Å². The van der Waals surface area contributed by atoms with Crippen LogP contribution in [0.1, 0.15) is 28.4 Å². The lowest BCUT2D eigenvalue weighted by Crippen LogP contribution is -2.42. The number of amidine groups is 1. The Morgan fingerprint density at radius 1 is 1.12 bits per heavy atom. The molecule has 2 aromatic carbocycles. The summed E-state index contributed by atoms with van der Waals surface area (Å²) in [5, 5.41) is 11.4. The van der Waals surface area contributed by atoms with Gasteiger partial charge in [-0.15, -0.1) is 0 Å². The lowest BCUT2D eigenvalue weighted by Gasteiger charge is -2.32. The van der Waals surface area contributed by atoms with E-state index in [1.54, 1.807) is 35.4 Å². The maximum Gasteiger partial charge on any atom is 0.246 e. The Balaban J connectivity index is 1.71. The summed E-state index contributed by atoms with van der Waals surface area (Å²) in [5.74, 6) is 0.760. The van der Waals surface area contributed by atoms with Gasteiger partial charge in [-0.25, -0.2) is 15.0 Å². The third-order valence-electron chi connectivity index (χ3n) is 4.75. The summed E-state index contributed by atoms with van der Waals surface area (Å²) < 4.78 is 0. The molecule has 1 unspecified atom stereocenters. The van der Waals surface area contributed by atoms with Gasteiger partial charge in [-0.1, -0.05) is 42.5 Å². The molecule has 6 heteroatoms. The van der Waals surface area contributed by atoms with Gasteiger partial charge in [0.05, 0.1) is 11.4 Å². The summed E-state index contributed by atoms with van der Waals surface area (Å²) in [5.41, 5.74) is 2.09. The van der Waals surface area contributed by atoms with Crippen molar-refractivity contribution in [1.29, 1.82) is 0 Å². The highest BCUT2D eigenvalue weighted by atomic mass is 16.3. The predicted molar refractivity (Wildman–Crippen MR) is 99.6 cm³/mol. The second kappa shape index (κ2) is 5.06. The number of nitrogens with zero attached hydrogens (tertiary/aromatic N) is 4. The van der Waals surface area contributed by atoms with Crippen LogP contribution in [0.25, 0.3) is 5.70 Å². The lowest BCUT2D eigenvalue weighted by molar-refractivity contribution is 0.101. The molecular formula is C20H14N4O2. The van der Waals surface area contributed by atoms with Gasteiger partial charge in [-0.05, 0) is 19.1 Å². The number of fused-ring (bicyclic) bond motifs is 2. The zero-order chi connectivity index (χ0) is 17.9. The highest BCUT2D eigenvalue weighted by molar-refractivity contribution is 6.22. The number of Topliss-reactive ketones (excluding diaryl/α,β-unsaturated/α-hetero) is 1. The molecule has 0 saturated carbocycles. The molecule has 0 bridgehead atoms. The fourth-order valence-electron chi connectivity index (χ4n) is 3.42. The van der Waals surface area contributed by atoms with Crippen molar-refractivity contribution >= 4 is 35.2 Å². The number of guanidine groups is 1. The number of carbonyl (C=O) groups is 1. The van der Waals surface area contributed by atoms with Crippen molar-refractivity contribution in [3.8, 4) is 0 Å². The average Bonchev–Trinajstić information content (AvgIpc) is 2.96. The maximum absolute atomic E-state index is 11.5. The van der Waals surface area contributed by atoms with Crippen LogP contribution in [0, 0.1) is 0 Å². The molecule has 5 rings (SSSR count). The van der Waals surface area contributed by atoms with Gasteiger partial charge < -0.3 is 5.11 Å². The number of para-hydroxylation sites is 1. The van der Waals surface area contributed by atoms with Crippen LogP contribution in [0.5, 0.6) is 0 Å². The van der Waals surface area contributed by atoms with E-state index in [9.17, 15) is 9.90 Å². The van der Waals surface area contributed by atoms with Gasteiger partial charge in [0.2, 0.25) is 11.7 Å². The topological polar surface area (TPSA) is 77.6 Å². The predicted octanol–water partition coefficient (Wildman–Crippen LogP) is 2.88. The van der Waals surface area contributed by atoms with E-state index in [-0.39, 0.29) is 5.78 Å². The first-order valence-electron chi connectivity index (χ1n) is 8.25. The van der Waals surface area contributed by atoms with Gasteiger partial charge in [0.25, 0.3) is 0 Å². The molecule has 0 spiro atoms. The molecule has 2 aromatic rings. The number of hydrogen-bond acceptors (Lipinski definition) is 6. The van der Waals surface area contributed by atoms with Crippen molar-refractivity contribution in [1.82, 2.24) is 4.90 Å². The summed E-state index contributed by atoms with van der Waals surface area (Å²) in [7, 11) is 0. The highest BCUT2D eigenvalue weighted by Crippen LogP contribution is 2.44. The van der Waals surface area contributed by atoms with Crippen LogP contribution in [0.2, 0.25) is 0 Å². The summed E-state index contributed by atoms with van der Waals surface area (Å²) >= 11 is 0. The van der Waals surface area contributed by atoms with Crippen molar-refractivity contribution in [3.05, 3.63) is 71.3 Å². The molecule has 0 aliphatic carbocycles. The summed E-state index contributed by atoms with van der Waals surface area (Å²) in [6, 6.07) is 14.5. The summed E-state index contributed by atoms with van der Waals surface area (Å²) in [6.07, 6.45) is 3.56. The molecule has 0 saturated heterocycles. The molecular weight excluding hydrogens is 328 g/mol. The van der Waals surface area contributed by atoms with E-state index in [1.165, 1.54) is 6.92 Å². The standard InChI is InChI=1S/C20H14N4O2/c1-12(25)13-6-8-14(9-7-13)20(26)18-22-16-5-3-2-4-15(16)17-10-11-21-19(23-20)24(17)18/h2-11,26H,1H3. The summed E-state index contributed by atoms with van der Waals surface area (Å²) in [4.78, 5) is 26.7. The normalized spacial score (nSPS) is 22.2. The molecule has 3 aliphatic heterocycles. The van der Waals surface area contributed by atoms with E-state index in [1.807, 2.05) is 30.3 Å². The minimum Gasteiger partial charge on any atom is -0.359 e. The Morgan fingerprint density at radius 3 is 2.65 bits per heavy atom. The Hall–Kier alpha value is -3.38. The molecule has 1 atom stereocenters. The van der Waals surface area contributed by atoms with E-state index in [4.69, 9.17) is 0 Å².